The van der Waals surface area contributed by atoms with Crippen molar-refractivity contribution in [2.45, 2.75) is 109 Å². The number of nitrogens with zero attached hydrogens (tertiary/aromatic N) is 1. The molecule has 0 fully saturated rings. The molecule has 0 saturated heterocycles. The van der Waals surface area contributed by atoms with E-state index in [0.29, 0.717) is 0 Å². The molecule has 1 aromatic heterocycles. The van der Waals surface area contributed by atoms with Gasteiger partial charge in [-0.1, -0.05) is 53.4 Å². The maximum absolute atomic E-state index is 5.92. The number of thiazole rings is 1. The predicted molar refractivity (Wildman–Crippen MR) is 124 cm³/mol. The molecular formula is C23H38N2S2. The first kappa shape index (κ1) is 22.7. The third-order valence-electron chi connectivity index (χ3n) is 5.48. The molecule has 0 spiro atoms. The molecule has 2 nitrogen and oxygen atoms in total. The van der Waals surface area contributed by atoms with Crippen LogP contribution in [0.25, 0.3) is 10.2 Å². The van der Waals surface area contributed by atoms with Gasteiger partial charge >= 0.3 is 0 Å². The molecule has 27 heavy (non-hydrogen) atoms. The molecule has 0 amide bonds. The number of aryl methyl sites for hydroxylation is 2. The highest BCUT2D eigenvalue weighted by atomic mass is 32.2. The molecular weight excluding hydrogens is 368 g/mol. The minimum Gasteiger partial charge on any atom is -0.272 e. The van der Waals surface area contributed by atoms with Crippen molar-refractivity contribution >= 4 is 33.5 Å². The minimum absolute atomic E-state index is 1.02. The van der Waals surface area contributed by atoms with Gasteiger partial charge in [0.15, 0.2) is 4.34 Å². The second kappa shape index (κ2) is 12.1. The highest BCUT2D eigenvalue weighted by Gasteiger charge is 2.21. The minimum atomic E-state index is 1.02. The first-order chi connectivity index (χ1) is 13.2. The molecule has 0 atom stereocenters. The molecule has 152 valence electrons. The third-order valence-corrected chi connectivity index (χ3v) is 7.22. The molecule has 1 aromatic carbocycles. The zero-order valence-corrected chi connectivity index (χ0v) is 19.5. The lowest BCUT2D eigenvalue weighted by molar-refractivity contribution is 0.724. The van der Waals surface area contributed by atoms with E-state index >= 15 is 0 Å². The van der Waals surface area contributed by atoms with Gasteiger partial charge in [0, 0.05) is 0 Å². The van der Waals surface area contributed by atoms with Gasteiger partial charge in [-0.2, -0.15) is 0 Å². The average Bonchev–Trinajstić information content (AvgIpc) is 3.12. The van der Waals surface area contributed by atoms with E-state index in [1.807, 2.05) is 11.3 Å². The quantitative estimate of drug-likeness (QED) is 0.347. The van der Waals surface area contributed by atoms with Gasteiger partial charge in [-0.25, -0.2) is 4.98 Å². The van der Waals surface area contributed by atoms with E-state index in [1.54, 1.807) is 22.3 Å². The highest BCUT2D eigenvalue weighted by molar-refractivity contribution is 7.99. The van der Waals surface area contributed by atoms with Crippen LogP contribution in [-0.2, 0) is 25.7 Å². The number of nitrogens with two attached hydrogens (primary N) is 1. The van der Waals surface area contributed by atoms with E-state index in [2.05, 4.69) is 27.7 Å². The van der Waals surface area contributed by atoms with Crippen LogP contribution in [0.4, 0.5) is 0 Å². The summed E-state index contributed by atoms with van der Waals surface area (Å²) in [5, 5.41) is 5.92. The van der Waals surface area contributed by atoms with E-state index in [1.165, 1.54) is 92.8 Å². The van der Waals surface area contributed by atoms with Crippen molar-refractivity contribution in [3.63, 3.8) is 0 Å². The fourth-order valence-corrected chi connectivity index (χ4v) is 5.47. The van der Waals surface area contributed by atoms with Gasteiger partial charge in [0.25, 0.3) is 0 Å². The Morgan fingerprint density at radius 2 is 1.15 bits per heavy atom. The van der Waals surface area contributed by atoms with Crippen LogP contribution in [0.15, 0.2) is 4.34 Å². The number of aromatic nitrogens is 1. The lowest BCUT2D eigenvalue weighted by Gasteiger charge is -2.21. The molecule has 0 aliphatic heterocycles. The molecule has 0 radical (unpaired) electrons. The van der Waals surface area contributed by atoms with Crippen molar-refractivity contribution < 1.29 is 0 Å². The van der Waals surface area contributed by atoms with Gasteiger partial charge < -0.3 is 0 Å². The second-order valence-corrected chi connectivity index (χ2v) is 9.48. The monoisotopic (exact) mass is 406 g/mol. The van der Waals surface area contributed by atoms with Crippen molar-refractivity contribution in [1.82, 2.24) is 4.98 Å². The van der Waals surface area contributed by atoms with E-state index in [4.69, 9.17) is 10.1 Å². The maximum atomic E-state index is 5.92. The SMILES string of the molecule is CCCCc1c(CCCC)c(CCCC)c2sc(SN)nc2c1CCCC. The van der Waals surface area contributed by atoms with E-state index in [9.17, 15) is 0 Å². The summed E-state index contributed by atoms with van der Waals surface area (Å²) < 4.78 is 2.46. The molecule has 0 aliphatic rings. The molecule has 0 aliphatic carbocycles. The van der Waals surface area contributed by atoms with Crippen LogP contribution in [-0.4, -0.2) is 4.98 Å². The van der Waals surface area contributed by atoms with Crippen LogP contribution >= 0.6 is 23.3 Å². The van der Waals surface area contributed by atoms with Gasteiger partial charge in [0.1, 0.15) is 0 Å². The number of rotatable bonds is 13. The van der Waals surface area contributed by atoms with Crippen molar-refractivity contribution in [2.24, 2.45) is 5.14 Å². The van der Waals surface area contributed by atoms with Crippen molar-refractivity contribution in [3.8, 4) is 0 Å². The molecule has 2 N–H and O–H groups in total. The number of unbranched alkanes of at least 4 members (excludes halogenated alkanes) is 4. The lowest BCUT2D eigenvalue weighted by Crippen LogP contribution is -2.07. The Morgan fingerprint density at radius 1 is 0.704 bits per heavy atom. The Bertz CT molecular complexity index is 649. The largest absolute Gasteiger partial charge is 0.272 e. The van der Waals surface area contributed by atoms with Crippen LogP contribution in [0, 0.1) is 0 Å². The van der Waals surface area contributed by atoms with Gasteiger partial charge in [-0.05, 0) is 85.6 Å². The summed E-state index contributed by atoms with van der Waals surface area (Å²) in [4.78, 5) is 5.00. The zero-order valence-electron chi connectivity index (χ0n) is 17.8. The fourth-order valence-electron chi connectivity index (χ4n) is 3.96. The molecule has 0 unspecified atom stereocenters. The highest BCUT2D eigenvalue weighted by Crippen LogP contribution is 2.39. The molecule has 2 rings (SSSR count). The van der Waals surface area contributed by atoms with Gasteiger partial charge in [0.05, 0.1) is 10.2 Å². The van der Waals surface area contributed by atoms with Crippen LogP contribution < -0.4 is 5.14 Å². The lowest BCUT2D eigenvalue weighted by atomic mass is 9.85. The summed E-state index contributed by atoms with van der Waals surface area (Å²) >= 11 is 3.14. The summed E-state index contributed by atoms with van der Waals surface area (Å²) in [6.45, 7) is 9.20. The predicted octanol–water partition coefficient (Wildman–Crippen LogP) is 7.63. The van der Waals surface area contributed by atoms with Gasteiger partial charge in [-0.3, -0.25) is 5.14 Å². The smallest absolute Gasteiger partial charge is 0.165 e. The molecule has 1 heterocycles. The van der Waals surface area contributed by atoms with Crippen LogP contribution in [0.2, 0.25) is 0 Å². The summed E-state index contributed by atoms with van der Waals surface area (Å²) in [6, 6.07) is 0. The Kier molecular flexibility index (Phi) is 10.2. The van der Waals surface area contributed by atoms with Crippen molar-refractivity contribution in [2.75, 3.05) is 0 Å². The molecule has 2 aromatic rings. The first-order valence-electron chi connectivity index (χ1n) is 11.0. The van der Waals surface area contributed by atoms with Crippen molar-refractivity contribution in [1.29, 1.82) is 0 Å². The summed E-state index contributed by atoms with van der Waals surface area (Å²) in [7, 11) is 0. The summed E-state index contributed by atoms with van der Waals surface area (Å²) in [5.41, 5.74) is 7.75. The van der Waals surface area contributed by atoms with E-state index in [-0.39, 0.29) is 0 Å². The number of fused-ring (bicyclic) bond motifs is 1. The Balaban J connectivity index is 2.72. The number of hydrogen-bond acceptors (Lipinski definition) is 4. The Labute approximate surface area is 174 Å². The summed E-state index contributed by atoms with van der Waals surface area (Å²) in [6.07, 6.45) is 14.9. The van der Waals surface area contributed by atoms with Crippen LogP contribution in [0.5, 0.6) is 0 Å². The fraction of sp³-hybridized carbons (Fsp3) is 0.696. The average molecular weight is 407 g/mol. The van der Waals surface area contributed by atoms with Gasteiger partial charge in [0.2, 0.25) is 0 Å². The third kappa shape index (κ3) is 5.71. The molecule has 4 heteroatoms. The van der Waals surface area contributed by atoms with Crippen molar-refractivity contribution in [3.05, 3.63) is 22.3 Å². The standard InChI is InChI=1S/C23H38N2S2/c1-5-9-13-17-18(14-10-6-2)20(16-12-8-4)22-21(19(17)15-11-7-3)25-23(26-22)27-24/h5-16,24H2,1-4H3. The van der Waals surface area contributed by atoms with Crippen LogP contribution in [0.1, 0.15) is 101 Å². The number of benzene rings is 1. The first-order valence-corrected chi connectivity index (χ1v) is 12.7. The van der Waals surface area contributed by atoms with Crippen LogP contribution in [0.3, 0.4) is 0 Å². The topological polar surface area (TPSA) is 38.9 Å². The van der Waals surface area contributed by atoms with Gasteiger partial charge in [-0.15, -0.1) is 11.3 Å². The molecule has 0 saturated carbocycles. The van der Waals surface area contributed by atoms with E-state index < -0.39 is 0 Å². The summed E-state index contributed by atoms with van der Waals surface area (Å²) in [5.74, 6) is 0. The second-order valence-electron chi connectivity index (χ2n) is 7.60. The van der Waals surface area contributed by atoms with E-state index in [0.717, 1.165) is 10.8 Å². The normalized spacial score (nSPS) is 11.6. The maximum Gasteiger partial charge on any atom is 0.165 e. The zero-order chi connectivity index (χ0) is 19.6. The Morgan fingerprint density at radius 3 is 1.63 bits per heavy atom. The molecule has 0 bridgehead atoms. The number of hydrogen-bond donors (Lipinski definition) is 1. The Hall–Kier alpha value is -0.580.